The molecule has 0 bridgehead atoms. The Morgan fingerprint density at radius 1 is 0.707 bits per heavy atom. The van der Waals surface area contributed by atoms with Crippen LogP contribution in [0.3, 0.4) is 0 Å². The third kappa shape index (κ3) is 10.9. The quantitative estimate of drug-likeness (QED) is 0.483. The number of nitrogens with zero attached hydrogens (tertiary/aromatic N) is 4. The maximum atomic E-state index is 12.2. The number of alkyl halides is 3. The first-order valence-electron chi connectivity index (χ1n) is 13.7. The lowest BCUT2D eigenvalue weighted by molar-refractivity contribution is -0.274. The molecule has 12 heteroatoms. The van der Waals surface area contributed by atoms with Gasteiger partial charge >= 0.3 is 18.5 Å². The predicted octanol–water partition coefficient (Wildman–Crippen LogP) is 5.91. The molecule has 2 saturated heterocycles. The summed E-state index contributed by atoms with van der Waals surface area (Å²) in [5.74, 6) is -0.249. The Labute approximate surface area is 239 Å². The molecule has 2 amide bonds. The van der Waals surface area contributed by atoms with Crippen LogP contribution in [0.2, 0.25) is 0 Å². The van der Waals surface area contributed by atoms with Gasteiger partial charge in [0, 0.05) is 63.7 Å². The molecule has 0 saturated carbocycles. The van der Waals surface area contributed by atoms with Crippen molar-refractivity contribution in [2.75, 3.05) is 62.2 Å². The number of ether oxygens (including phenoxy) is 2. The van der Waals surface area contributed by atoms with E-state index in [1.807, 2.05) is 43.9 Å². The molecule has 0 atom stereocenters. The zero-order valence-corrected chi connectivity index (χ0v) is 23.8. The van der Waals surface area contributed by atoms with E-state index in [1.165, 1.54) is 22.7 Å². The molecule has 0 aliphatic carbocycles. The zero-order chi connectivity index (χ0) is 30.0. The minimum Gasteiger partial charge on any atom is -0.465 e. The summed E-state index contributed by atoms with van der Waals surface area (Å²) in [6.45, 7) is 10.7. The molecule has 0 unspecified atom stereocenters. The van der Waals surface area contributed by atoms with Crippen molar-refractivity contribution < 1.29 is 37.3 Å². The highest BCUT2D eigenvalue weighted by atomic mass is 19.4. The average Bonchev–Trinajstić information content (AvgIpc) is 3.30. The fourth-order valence-electron chi connectivity index (χ4n) is 4.55. The first-order valence-corrected chi connectivity index (χ1v) is 13.7. The summed E-state index contributed by atoms with van der Waals surface area (Å²) in [6, 6.07) is 15.9. The van der Waals surface area contributed by atoms with E-state index in [1.54, 1.807) is 17.0 Å². The van der Waals surface area contributed by atoms with E-state index in [0.717, 1.165) is 31.6 Å². The first kappa shape index (κ1) is 31.7. The maximum absolute atomic E-state index is 12.2. The molecule has 2 fully saturated rings. The SMILES string of the molecule is CC(C)(C)OC(=O)N1CCCN(c2ccc(OC(F)(F)F)cc2)CC1.O=C(O)N1CCCN(c2ccccc2)CC1. The largest absolute Gasteiger partial charge is 0.573 e. The third-order valence-corrected chi connectivity index (χ3v) is 6.47. The van der Waals surface area contributed by atoms with E-state index < -0.39 is 18.1 Å². The van der Waals surface area contributed by atoms with Crippen LogP contribution in [0.15, 0.2) is 54.6 Å². The number of carboxylic acid groups (broad SMARTS) is 1. The van der Waals surface area contributed by atoms with Crippen molar-refractivity contribution in [2.45, 2.75) is 45.6 Å². The third-order valence-electron chi connectivity index (χ3n) is 6.47. The summed E-state index contributed by atoms with van der Waals surface area (Å²) in [5, 5.41) is 8.93. The zero-order valence-electron chi connectivity index (χ0n) is 23.8. The van der Waals surface area contributed by atoms with Gasteiger partial charge in [0.25, 0.3) is 0 Å². The second-order valence-electron chi connectivity index (χ2n) is 10.8. The van der Waals surface area contributed by atoms with E-state index in [0.29, 0.717) is 39.3 Å². The van der Waals surface area contributed by atoms with Gasteiger partial charge in [0.05, 0.1) is 0 Å². The molecule has 2 aromatic carbocycles. The standard InChI is InChI=1S/C17H23F3N2O3.C12H16N2O2/c1-16(2,3)25-15(23)22-10-4-9-21(11-12-22)13-5-7-14(8-6-13)24-17(18,19)20;15-12(16)14-8-4-7-13(9-10-14)11-5-2-1-3-6-11/h5-8H,4,9-12H2,1-3H3;1-3,5-6H,4,7-10H2,(H,15,16). The second-order valence-corrected chi connectivity index (χ2v) is 10.8. The number of hydrogen-bond acceptors (Lipinski definition) is 6. The number of rotatable bonds is 3. The van der Waals surface area contributed by atoms with Crippen LogP contribution in [-0.4, -0.2) is 91.4 Å². The number of anilines is 2. The fraction of sp³-hybridized carbons (Fsp3) is 0.517. The number of hydrogen-bond donors (Lipinski definition) is 1. The van der Waals surface area contributed by atoms with Gasteiger partial charge in [-0.05, 0) is 70.0 Å². The van der Waals surface area contributed by atoms with Crippen molar-refractivity contribution in [3.63, 3.8) is 0 Å². The van der Waals surface area contributed by atoms with Crippen LogP contribution in [0.4, 0.5) is 34.1 Å². The predicted molar refractivity (Wildman–Crippen MR) is 151 cm³/mol. The van der Waals surface area contributed by atoms with Crippen molar-refractivity contribution in [1.29, 1.82) is 0 Å². The van der Waals surface area contributed by atoms with Gasteiger partial charge in [-0.1, -0.05) is 18.2 Å². The van der Waals surface area contributed by atoms with Gasteiger partial charge in [0.2, 0.25) is 0 Å². The Kier molecular flexibility index (Phi) is 11.0. The topological polar surface area (TPSA) is 85.8 Å². The molecule has 9 nitrogen and oxygen atoms in total. The minimum atomic E-state index is -4.70. The van der Waals surface area contributed by atoms with Gasteiger partial charge < -0.3 is 34.2 Å². The smallest absolute Gasteiger partial charge is 0.465 e. The fourth-order valence-corrected chi connectivity index (χ4v) is 4.55. The van der Waals surface area contributed by atoms with E-state index in [2.05, 4.69) is 21.8 Å². The van der Waals surface area contributed by atoms with Crippen LogP contribution >= 0.6 is 0 Å². The number of para-hydroxylation sites is 1. The highest BCUT2D eigenvalue weighted by Gasteiger charge is 2.31. The van der Waals surface area contributed by atoms with Crippen LogP contribution in [0.25, 0.3) is 0 Å². The van der Waals surface area contributed by atoms with E-state index >= 15 is 0 Å². The highest BCUT2D eigenvalue weighted by Crippen LogP contribution is 2.26. The van der Waals surface area contributed by atoms with Gasteiger partial charge in [0.1, 0.15) is 11.4 Å². The van der Waals surface area contributed by atoms with Crippen molar-refractivity contribution >= 4 is 23.6 Å². The molecule has 0 radical (unpaired) electrons. The van der Waals surface area contributed by atoms with Gasteiger partial charge in [-0.2, -0.15) is 0 Å². The molecular formula is C29H39F3N4O5. The van der Waals surface area contributed by atoms with Crippen LogP contribution < -0.4 is 14.5 Å². The Morgan fingerprint density at radius 3 is 1.73 bits per heavy atom. The molecule has 2 aliphatic rings. The summed E-state index contributed by atoms with van der Waals surface area (Å²) in [5.41, 5.74) is 1.42. The summed E-state index contributed by atoms with van der Waals surface area (Å²) in [4.78, 5) is 30.4. The van der Waals surface area contributed by atoms with E-state index in [9.17, 15) is 22.8 Å². The molecule has 4 rings (SSSR count). The highest BCUT2D eigenvalue weighted by molar-refractivity contribution is 5.68. The van der Waals surface area contributed by atoms with Crippen molar-refractivity contribution in [3.05, 3.63) is 54.6 Å². The lowest BCUT2D eigenvalue weighted by atomic mass is 10.2. The molecule has 226 valence electrons. The maximum Gasteiger partial charge on any atom is 0.573 e. The number of carbonyl (C=O) groups excluding carboxylic acids is 1. The van der Waals surface area contributed by atoms with Gasteiger partial charge in [-0.3, -0.25) is 0 Å². The molecule has 2 aliphatic heterocycles. The lowest BCUT2D eigenvalue weighted by Gasteiger charge is -2.27. The first-order chi connectivity index (χ1) is 19.3. The van der Waals surface area contributed by atoms with Crippen LogP contribution in [-0.2, 0) is 4.74 Å². The number of benzene rings is 2. The summed E-state index contributed by atoms with van der Waals surface area (Å²) >= 11 is 0. The molecule has 2 heterocycles. The van der Waals surface area contributed by atoms with Crippen LogP contribution in [0.1, 0.15) is 33.6 Å². The Balaban J connectivity index is 0.000000248. The summed E-state index contributed by atoms with van der Waals surface area (Å²) < 4.78 is 45.9. The normalized spacial score (nSPS) is 16.6. The van der Waals surface area contributed by atoms with Gasteiger partial charge in [-0.15, -0.1) is 13.2 Å². The van der Waals surface area contributed by atoms with Crippen molar-refractivity contribution in [3.8, 4) is 5.75 Å². The van der Waals surface area contributed by atoms with Gasteiger partial charge in [-0.25, -0.2) is 9.59 Å². The van der Waals surface area contributed by atoms with Gasteiger partial charge in [0.15, 0.2) is 0 Å². The van der Waals surface area contributed by atoms with Crippen LogP contribution in [0.5, 0.6) is 5.75 Å². The average molecular weight is 581 g/mol. The summed E-state index contributed by atoms with van der Waals surface area (Å²) in [7, 11) is 0. The van der Waals surface area contributed by atoms with Crippen LogP contribution in [0, 0.1) is 0 Å². The molecular weight excluding hydrogens is 541 g/mol. The number of amides is 2. The Bertz CT molecular complexity index is 1110. The molecule has 2 aromatic rings. The monoisotopic (exact) mass is 580 g/mol. The molecule has 0 spiro atoms. The molecule has 0 aromatic heterocycles. The van der Waals surface area contributed by atoms with E-state index in [-0.39, 0.29) is 11.8 Å². The molecule has 1 N–H and O–H groups in total. The minimum absolute atomic E-state index is 0.249. The molecule has 41 heavy (non-hydrogen) atoms. The Hall–Kier alpha value is -3.83. The van der Waals surface area contributed by atoms with Crippen molar-refractivity contribution in [1.82, 2.24) is 9.80 Å². The second kappa shape index (κ2) is 14.2. The summed E-state index contributed by atoms with van der Waals surface area (Å²) in [6.07, 6.45) is -4.21. The lowest BCUT2D eigenvalue weighted by Crippen LogP contribution is -2.39. The number of halogens is 3. The van der Waals surface area contributed by atoms with Crippen molar-refractivity contribution in [2.24, 2.45) is 0 Å². The number of carbonyl (C=O) groups is 2. The Morgan fingerprint density at radius 2 is 1.22 bits per heavy atom. The van der Waals surface area contributed by atoms with E-state index in [4.69, 9.17) is 9.84 Å².